The lowest BCUT2D eigenvalue weighted by Crippen LogP contribution is -2.50. The average Bonchev–Trinajstić information content (AvgIpc) is 2.30. The van der Waals surface area contributed by atoms with Gasteiger partial charge in [0, 0.05) is 11.5 Å². The zero-order valence-electron chi connectivity index (χ0n) is 9.16. The molecule has 3 nitrogen and oxygen atoms in total. The number of aliphatic hydroxyl groups is 1. The summed E-state index contributed by atoms with van der Waals surface area (Å²) in [5.41, 5.74) is 0.918. The number of ether oxygens (including phenoxy) is 1. The van der Waals surface area contributed by atoms with Gasteiger partial charge in [-0.1, -0.05) is 18.2 Å². The number of nitrogens with one attached hydrogen (secondary N) is 1. The van der Waals surface area contributed by atoms with Gasteiger partial charge in [0.1, 0.15) is 5.75 Å². The van der Waals surface area contributed by atoms with Crippen molar-refractivity contribution in [3.8, 4) is 5.75 Å². The SMILES string of the molecule is CN[C@@]1(C)c2ccccc2OC[C@H]1CO. The molecule has 0 unspecified atom stereocenters. The average molecular weight is 207 g/mol. The molecule has 1 aliphatic heterocycles. The van der Waals surface area contributed by atoms with Crippen LogP contribution in [0.5, 0.6) is 5.75 Å². The maximum Gasteiger partial charge on any atom is 0.124 e. The van der Waals surface area contributed by atoms with E-state index in [9.17, 15) is 5.11 Å². The van der Waals surface area contributed by atoms with E-state index in [0.29, 0.717) is 6.61 Å². The van der Waals surface area contributed by atoms with Gasteiger partial charge in [-0.05, 0) is 20.0 Å². The van der Waals surface area contributed by atoms with E-state index in [2.05, 4.69) is 12.2 Å². The van der Waals surface area contributed by atoms with Crippen LogP contribution in [0.15, 0.2) is 24.3 Å². The van der Waals surface area contributed by atoms with Crippen LogP contribution >= 0.6 is 0 Å². The Morgan fingerprint density at radius 2 is 2.27 bits per heavy atom. The van der Waals surface area contributed by atoms with Gasteiger partial charge in [0.2, 0.25) is 0 Å². The van der Waals surface area contributed by atoms with E-state index in [0.717, 1.165) is 11.3 Å². The number of hydrogen-bond acceptors (Lipinski definition) is 3. The Morgan fingerprint density at radius 3 is 2.93 bits per heavy atom. The van der Waals surface area contributed by atoms with Crippen LogP contribution in [-0.4, -0.2) is 25.4 Å². The van der Waals surface area contributed by atoms with Crippen molar-refractivity contribution in [2.24, 2.45) is 5.92 Å². The van der Waals surface area contributed by atoms with Crippen molar-refractivity contribution in [1.82, 2.24) is 5.32 Å². The Bertz CT molecular complexity index is 353. The third-order valence-electron chi connectivity index (χ3n) is 3.44. The molecule has 0 saturated heterocycles. The van der Waals surface area contributed by atoms with Crippen LogP contribution in [0.1, 0.15) is 12.5 Å². The topological polar surface area (TPSA) is 41.5 Å². The van der Waals surface area contributed by atoms with Gasteiger partial charge < -0.3 is 15.2 Å². The maximum absolute atomic E-state index is 9.36. The molecular weight excluding hydrogens is 190 g/mol. The molecule has 15 heavy (non-hydrogen) atoms. The van der Waals surface area contributed by atoms with Crippen molar-refractivity contribution < 1.29 is 9.84 Å². The fraction of sp³-hybridized carbons (Fsp3) is 0.500. The van der Waals surface area contributed by atoms with E-state index < -0.39 is 0 Å². The molecule has 0 spiro atoms. The summed E-state index contributed by atoms with van der Waals surface area (Å²) >= 11 is 0. The van der Waals surface area contributed by atoms with Gasteiger partial charge in [0.15, 0.2) is 0 Å². The monoisotopic (exact) mass is 207 g/mol. The van der Waals surface area contributed by atoms with E-state index in [1.165, 1.54) is 0 Å². The first kappa shape index (κ1) is 10.5. The van der Waals surface area contributed by atoms with E-state index in [-0.39, 0.29) is 18.1 Å². The van der Waals surface area contributed by atoms with Gasteiger partial charge in [-0.2, -0.15) is 0 Å². The first-order valence-electron chi connectivity index (χ1n) is 5.24. The van der Waals surface area contributed by atoms with Gasteiger partial charge in [-0.25, -0.2) is 0 Å². The summed E-state index contributed by atoms with van der Waals surface area (Å²) in [5, 5.41) is 12.7. The molecule has 3 heteroatoms. The maximum atomic E-state index is 9.36. The normalized spacial score (nSPS) is 29.4. The fourth-order valence-electron chi connectivity index (χ4n) is 2.17. The minimum absolute atomic E-state index is 0.0948. The van der Waals surface area contributed by atoms with Crippen molar-refractivity contribution in [3.05, 3.63) is 29.8 Å². The van der Waals surface area contributed by atoms with Gasteiger partial charge in [0.25, 0.3) is 0 Å². The molecule has 2 rings (SSSR count). The molecule has 0 aromatic heterocycles. The highest BCUT2D eigenvalue weighted by atomic mass is 16.5. The van der Waals surface area contributed by atoms with Crippen LogP contribution in [0.2, 0.25) is 0 Å². The minimum Gasteiger partial charge on any atom is -0.493 e. The zero-order chi connectivity index (χ0) is 10.9. The smallest absolute Gasteiger partial charge is 0.124 e. The highest BCUT2D eigenvalue weighted by molar-refractivity contribution is 5.41. The van der Waals surface area contributed by atoms with Crippen LogP contribution in [0, 0.1) is 5.92 Å². The van der Waals surface area contributed by atoms with Gasteiger partial charge in [-0.15, -0.1) is 0 Å². The number of rotatable bonds is 2. The Labute approximate surface area is 90.1 Å². The van der Waals surface area contributed by atoms with E-state index in [1.54, 1.807) is 0 Å². The second kappa shape index (κ2) is 3.83. The third kappa shape index (κ3) is 1.52. The van der Waals surface area contributed by atoms with E-state index in [1.807, 2.05) is 31.3 Å². The molecule has 0 amide bonds. The number of aliphatic hydroxyl groups excluding tert-OH is 1. The Kier molecular flexibility index (Phi) is 2.67. The second-order valence-electron chi connectivity index (χ2n) is 4.14. The quantitative estimate of drug-likeness (QED) is 0.763. The van der Waals surface area contributed by atoms with E-state index >= 15 is 0 Å². The molecule has 0 radical (unpaired) electrons. The van der Waals surface area contributed by atoms with Crippen molar-refractivity contribution in [2.45, 2.75) is 12.5 Å². The molecule has 0 aliphatic carbocycles. The lowest BCUT2D eigenvalue weighted by molar-refractivity contribution is 0.0667. The second-order valence-corrected chi connectivity index (χ2v) is 4.14. The highest BCUT2D eigenvalue weighted by Gasteiger charge is 2.39. The predicted octanol–water partition coefficient (Wildman–Crippen LogP) is 1.12. The molecule has 0 fully saturated rings. The molecule has 0 bridgehead atoms. The van der Waals surface area contributed by atoms with Crippen LogP contribution in [0.4, 0.5) is 0 Å². The lowest BCUT2D eigenvalue weighted by atomic mass is 9.78. The highest BCUT2D eigenvalue weighted by Crippen LogP contribution is 2.39. The lowest BCUT2D eigenvalue weighted by Gasteiger charge is -2.41. The third-order valence-corrected chi connectivity index (χ3v) is 3.44. The van der Waals surface area contributed by atoms with Gasteiger partial charge in [-0.3, -0.25) is 0 Å². The molecule has 82 valence electrons. The summed E-state index contributed by atoms with van der Waals surface area (Å²) in [6.07, 6.45) is 0. The number of fused-ring (bicyclic) bond motifs is 1. The first-order chi connectivity index (χ1) is 7.22. The van der Waals surface area contributed by atoms with Gasteiger partial charge >= 0.3 is 0 Å². The molecule has 2 atom stereocenters. The van der Waals surface area contributed by atoms with Crippen LogP contribution in [0.3, 0.4) is 0 Å². The molecule has 1 aromatic carbocycles. The van der Waals surface area contributed by atoms with Crippen LogP contribution < -0.4 is 10.1 Å². The minimum atomic E-state index is -0.205. The summed E-state index contributed by atoms with van der Waals surface area (Å²) < 4.78 is 5.62. The van der Waals surface area contributed by atoms with Crippen molar-refractivity contribution in [1.29, 1.82) is 0 Å². The summed E-state index contributed by atoms with van der Waals surface area (Å²) in [7, 11) is 1.92. The zero-order valence-corrected chi connectivity index (χ0v) is 9.16. The van der Waals surface area contributed by atoms with Crippen LogP contribution in [-0.2, 0) is 5.54 Å². The molecular formula is C12H17NO2. The fourth-order valence-corrected chi connectivity index (χ4v) is 2.17. The van der Waals surface area contributed by atoms with Crippen LogP contribution in [0.25, 0.3) is 0 Å². The van der Waals surface area contributed by atoms with Crippen molar-refractivity contribution in [2.75, 3.05) is 20.3 Å². The molecule has 1 heterocycles. The first-order valence-corrected chi connectivity index (χ1v) is 5.24. The van der Waals surface area contributed by atoms with Gasteiger partial charge in [0.05, 0.1) is 18.8 Å². The van der Waals surface area contributed by atoms with Crippen molar-refractivity contribution >= 4 is 0 Å². The summed E-state index contributed by atoms with van der Waals surface area (Å²) in [5.74, 6) is 1.01. The predicted molar refractivity (Wildman–Crippen MR) is 58.9 cm³/mol. The molecule has 2 N–H and O–H groups in total. The summed E-state index contributed by atoms with van der Waals surface area (Å²) in [4.78, 5) is 0. The number of benzene rings is 1. The number of hydrogen-bond donors (Lipinski definition) is 2. The Balaban J connectivity index is 2.48. The van der Waals surface area contributed by atoms with E-state index in [4.69, 9.17) is 4.74 Å². The molecule has 1 aromatic rings. The Morgan fingerprint density at radius 1 is 1.53 bits per heavy atom. The summed E-state index contributed by atoms with van der Waals surface area (Å²) in [6.45, 7) is 2.80. The molecule has 1 aliphatic rings. The molecule has 0 saturated carbocycles. The largest absolute Gasteiger partial charge is 0.493 e. The standard InChI is InChI=1S/C12H17NO2/c1-12(13-2)9(7-14)8-15-11-6-4-3-5-10(11)12/h3-6,9,13-14H,7-8H2,1-2H3/t9-,12-/m1/s1. The Hall–Kier alpha value is -1.06. The van der Waals surface area contributed by atoms with Crippen molar-refractivity contribution in [3.63, 3.8) is 0 Å². The summed E-state index contributed by atoms with van der Waals surface area (Å²) in [6, 6.07) is 7.98. The number of para-hydroxylation sites is 1.